The molecule has 0 bridgehead atoms. The van der Waals surface area contributed by atoms with Crippen molar-refractivity contribution in [3.05, 3.63) is 68.8 Å². The third-order valence-electron chi connectivity index (χ3n) is 4.13. The first kappa shape index (κ1) is 20.7. The summed E-state index contributed by atoms with van der Waals surface area (Å²) in [5, 5.41) is 2.54. The molecule has 1 N–H and O–H groups in total. The number of hydrogen-bond acceptors (Lipinski definition) is 3. The van der Waals surface area contributed by atoms with Gasteiger partial charge in [-0.2, -0.15) is 13.2 Å². The fourth-order valence-corrected chi connectivity index (χ4v) is 2.58. The van der Waals surface area contributed by atoms with E-state index in [-0.39, 0.29) is 12.1 Å². The number of carbonyl (C=O) groups excluding carboxylic acids is 1. The lowest BCUT2D eigenvalue weighted by Gasteiger charge is -2.10. The first-order chi connectivity index (χ1) is 12.6. The maximum absolute atomic E-state index is 12.6. The molecule has 1 heterocycles. The molecular formula is C20H22F3NO3. The predicted octanol–water partition coefficient (Wildman–Crippen LogP) is 4.49. The maximum Gasteiger partial charge on any atom is 0.416 e. The Labute approximate surface area is 155 Å². The molecule has 1 aromatic carbocycles. The van der Waals surface area contributed by atoms with E-state index in [9.17, 15) is 22.8 Å². The van der Waals surface area contributed by atoms with Crippen LogP contribution in [0.3, 0.4) is 0 Å². The zero-order valence-electron chi connectivity index (χ0n) is 15.4. The number of rotatable bonds is 6. The number of halogens is 3. The Balaban J connectivity index is 2.06. The van der Waals surface area contributed by atoms with Crippen LogP contribution in [0.2, 0.25) is 0 Å². The van der Waals surface area contributed by atoms with Gasteiger partial charge in [0.25, 0.3) is 5.91 Å². The van der Waals surface area contributed by atoms with Gasteiger partial charge in [0.2, 0.25) is 0 Å². The SMILES string of the molecule is Cc1cc(CCC(C)C)oc(=O)c1C(=O)NCc1ccc(C(F)(F)F)cc1. The second-order valence-electron chi connectivity index (χ2n) is 6.87. The van der Waals surface area contributed by atoms with E-state index in [1.165, 1.54) is 12.1 Å². The van der Waals surface area contributed by atoms with Gasteiger partial charge in [0, 0.05) is 13.0 Å². The topological polar surface area (TPSA) is 59.3 Å². The van der Waals surface area contributed by atoms with E-state index < -0.39 is 23.3 Å². The molecule has 1 amide bonds. The molecule has 146 valence electrons. The summed E-state index contributed by atoms with van der Waals surface area (Å²) in [5.74, 6) is 0.379. The van der Waals surface area contributed by atoms with E-state index >= 15 is 0 Å². The molecule has 0 aliphatic rings. The van der Waals surface area contributed by atoms with Crippen LogP contribution in [-0.2, 0) is 19.1 Å². The number of hydrogen-bond donors (Lipinski definition) is 1. The second kappa shape index (κ2) is 8.41. The molecule has 2 rings (SSSR count). The standard InChI is InChI=1S/C20H22F3NO3/c1-12(2)4-9-16-10-13(3)17(19(26)27-16)18(25)24-11-14-5-7-15(8-6-14)20(21,22)23/h5-8,10,12H,4,9,11H2,1-3H3,(H,24,25). The molecule has 0 radical (unpaired) electrons. The Morgan fingerprint density at radius 2 is 1.81 bits per heavy atom. The first-order valence-corrected chi connectivity index (χ1v) is 8.66. The highest BCUT2D eigenvalue weighted by atomic mass is 19.4. The van der Waals surface area contributed by atoms with Crippen LogP contribution in [0.4, 0.5) is 13.2 Å². The minimum atomic E-state index is -4.41. The minimum absolute atomic E-state index is 0.00491. The summed E-state index contributed by atoms with van der Waals surface area (Å²) in [6.07, 6.45) is -2.93. The van der Waals surface area contributed by atoms with Gasteiger partial charge in [-0.3, -0.25) is 4.79 Å². The number of nitrogens with one attached hydrogen (secondary N) is 1. The smallest absolute Gasteiger partial charge is 0.416 e. The van der Waals surface area contributed by atoms with Crippen molar-refractivity contribution in [1.82, 2.24) is 5.32 Å². The normalized spacial score (nSPS) is 11.7. The molecule has 1 aromatic heterocycles. The molecule has 0 unspecified atom stereocenters. The minimum Gasteiger partial charge on any atom is -0.427 e. The maximum atomic E-state index is 12.6. The summed E-state index contributed by atoms with van der Waals surface area (Å²) in [7, 11) is 0. The van der Waals surface area contributed by atoms with E-state index in [0.29, 0.717) is 29.2 Å². The molecule has 27 heavy (non-hydrogen) atoms. The molecular weight excluding hydrogens is 359 g/mol. The van der Waals surface area contributed by atoms with Gasteiger partial charge in [-0.05, 0) is 48.6 Å². The molecule has 0 aliphatic carbocycles. The lowest BCUT2D eigenvalue weighted by molar-refractivity contribution is -0.137. The number of benzene rings is 1. The summed E-state index contributed by atoms with van der Waals surface area (Å²) in [5.41, 5.74) is -0.554. The molecule has 0 saturated heterocycles. The molecule has 2 aromatic rings. The average molecular weight is 381 g/mol. The van der Waals surface area contributed by atoms with Crippen LogP contribution < -0.4 is 10.9 Å². The molecule has 0 spiro atoms. The van der Waals surface area contributed by atoms with Crippen molar-refractivity contribution in [3.8, 4) is 0 Å². The van der Waals surface area contributed by atoms with Crippen LogP contribution in [0.25, 0.3) is 0 Å². The Bertz CT molecular complexity index is 852. The molecule has 0 fully saturated rings. The lowest BCUT2D eigenvalue weighted by Crippen LogP contribution is -2.29. The fourth-order valence-electron chi connectivity index (χ4n) is 2.58. The van der Waals surface area contributed by atoms with Crippen LogP contribution in [0.5, 0.6) is 0 Å². The van der Waals surface area contributed by atoms with Crippen molar-refractivity contribution >= 4 is 5.91 Å². The van der Waals surface area contributed by atoms with Crippen LogP contribution >= 0.6 is 0 Å². The number of alkyl halides is 3. The van der Waals surface area contributed by atoms with Gasteiger partial charge in [0.1, 0.15) is 11.3 Å². The fraction of sp³-hybridized carbons (Fsp3) is 0.400. The molecule has 0 atom stereocenters. The molecule has 4 nitrogen and oxygen atoms in total. The Morgan fingerprint density at radius 3 is 2.33 bits per heavy atom. The molecule has 7 heteroatoms. The summed E-state index contributed by atoms with van der Waals surface area (Å²) < 4.78 is 42.9. The van der Waals surface area contributed by atoms with Gasteiger partial charge >= 0.3 is 11.8 Å². The first-order valence-electron chi connectivity index (χ1n) is 8.66. The van der Waals surface area contributed by atoms with Crippen molar-refractivity contribution in [3.63, 3.8) is 0 Å². The van der Waals surface area contributed by atoms with Crippen molar-refractivity contribution in [1.29, 1.82) is 0 Å². The monoisotopic (exact) mass is 381 g/mol. The Kier molecular flexibility index (Phi) is 6.46. The zero-order chi connectivity index (χ0) is 20.2. The predicted molar refractivity (Wildman–Crippen MR) is 95.5 cm³/mol. The highest BCUT2D eigenvalue weighted by molar-refractivity contribution is 5.95. The van der Waals surface area contributed by atoms with Crippen molar-refractivity contribution in [2.45, 2.75) is 46.3 Å². The van der Waals surface area contributed by atoms with Gasteiger partial charge in [0.05, 0.1) is 5.56 Å². The largest absolute Gasteiger partial charge is 0.427 e. The lowest BCUT2D eigenvalue weighted by atomic mass is 10.0. The van der Waals surface area contributed by atoms with E-state index in [2.05, 4.69) is 19.2 Å². The summed E-state index contributed by atoms with van der Waals surface area (Å²) in [6.45, 7) is 5.79. The zero-order valence-corrected chi connectivity index (χ0v) is 15.4. The van der Waals surface area contributed by atoms with Crippen LogP contribution in [0.1, 0.15) is 53.1 Å². The van der Waals surface area contributed by atoms with Gasteiger partial charge in [0.15, 0.2) is 0 Å². The molecule has 0 saturated carbocycles. The number of amides is 1. The van der Waals surface area contributed by atoms with Gasteiger partial charge < -0.3 is 9.73 Å². The Morgan fingerprint density at radius 1 is 1.19 bits per heavy atom. The highest BCUT2D eigenvalue weighted by Gasteiger charge is 2.29. The second-order valence-corrected chi connectivity index (χ2v) is 6.87. The van der Waals surface area contributed by atoms with Crippen molar-refractivity contribution < 1.29 is 22.4 Å². The third kappa shape index (κ3) is 5.70. The summed E-state index contributed by atoms with van der Waals surface area (Å²) in [4.78, 5) is 24.5. The van der Waals surface area contributed by atoms with Gasteiger partial charge in [-0.1, -0.05) is 26.0 Å². The van der Waals surface area contributed by atoms with Crippen LogP contribution in [-0.4, -0.2) is 5.91 Å². The Hall–Kier alpha value is -2.57. The van der Waals surface area contributed by atoms with E-state index in [1.807, 2.05) is 0 Å². The third-order valence-corrected chi connectivity index (χ3v) is 4.13. The van der Waals surface area contributed by atoms with Crippen molar-refractivity contribution in [2.75, 3.05) is 0 Å². The van der Waals surface area contributed by atoms with Crippen LogP contribution in [0, 0.1) is 12.8 Å². The van der Waals surface area contributed by atoms with E-state index in [0.717, 1.165) is 18.6 Å². The van der Waals surface area contributed by atoms with E-state index in [4.69, 9.17) is 4.42 Å². The van der Waals surface area contributed by atoms with Gasteiger partial charge in [-0.15, -0.1) is 0 Å². The van der Waals surface area contributed by atoms with Crippen LogP contribution in [0.15, 0.2) is 39.5 Å². The van der Waals surface area contributed by atoms with Crippen molar-refractivity contribution in [2.24, 2.45) is 5.92 Å². The van der Waals surface area contributed by atoms with Gasteiger partial charge in [-0.25, -0.2) is 4.79 Å². The summed E-state index contributed by atoms with van der Waals surface area (Å²) >= 11 is 0. The number of aryl methyl sites for hydroxylation is 2. The van der Waals surface area contributed by atoms with E-state index in [1.54, 1.807) is 13.0 Å². The highest BCUT2D eigenvalue weighted by Crippen LogP contribution is 2.29. The summed E-state index contributed by atoms with van der Waals surface area (Å²) in [6, 6.07) is 6.15. The average Bonchev–Trinajstić information content (AvgIpc) is 2.57. The number of carbonyl (C=O) groups is 1. The molecule has 0 aliphatic heterocycles. The quantitative estimate of drug-likeness (QED) is 0.802.